The molecule has 1 aliphatic rings. The van der Waals surface area contributed by atoms with Crippen LogP contribution in [0.1, 0.15) is 31.2 Å². The van der Waals surface area contributed by atoms with Crippen molar-refractivity contribution in [2.45, 2.75) is 50.4 Å². The van der Waals surface area contributed by atoms with Crippen LogP contribution in [-0.4, -0.2) is 47.8 Å². The van der Waals surface area contributed by atoms with Crippen LogP contribution < -0.4 is 16.4 Å². The maximum absolute atomic E-state index is 12.1. The number of ether oxygens (including phenoxy) is 1. The number of urea groups is 1. The monoisotopic (exact) mass is 363 g/mol. The van der Waals surface area contributed by atoms with Gasteiger partial charge in [-0.2, -0.15) is 0 Å². The second-order valence-corrected chi connectivity index (χ2v) is 6.40. The molecule has 1 aromatic carbocycles. The SMILES string of the molecule is NC(=O)C1CCC(CNC(=O)NC(CCC(=O)O)Cc2ccccc2)O1. The molecule has 2 rings (SSSR count). The molecule has 1 heterocycles. The number of hydrogen-bond donors (Lipinski definition) is 4. The van der Waals surface area contributed by atoms with E-state index in [0.717, 1.165) is 5.56 Å². The highest BCUT2D eigenvalue weighted by atomic mass is 16.5. The maximum atomic E-state index is 12.1. The second-order valence-electron chi connectivity index (χ2n) is 6.40. The van der Waals surface area contributed by atoms with E-state index in [1.807, 2.05) is 30.3 Å². The number of carbonyl (C=O) groups excluding carboxylic acids is 2. The largest absolute Gasteiger partial charge is 0.481 e. The number of aliphatic carboxylic acids is 1. The highest BCUT2D eigenvalue weighted by Gasteiger charge is 2.29. The van der Waals surface area contributed by atoms with Gasteiger partial charge < -0.3 is 26.2 Å². The van der Waals surface area contributed by atoms with Crippen molar-refractivity contribution in [1.82, 2.24) is 10.6 Å². The van der Waals surface area contributed by atoms with Crippen LogP contribution in [0.4, 0.5) is 4.79 Å². The summed E-state index contributed by atoms with van der Waals surface area (Å²) < 4.78 is 5.46. The number of nitrogens with one attached hydrogen (secondary N) is 2. The van der Waals surface area contributed by atoms with Crippen LogP contribution in [0.2, 0.25) is 0 Å². The first-order valence-electron chi connectivity index (χ1n) is 8.69. The van der Waals surface area contributed by atoms with Crippen molar-refractivity contribution in [3.05, 3.63) is 35.9 Å². The van der Waals surface area contributed by atoms with Crippen LogP contribution in [0.3, 0.4) is 0 Å². The number of carbonyl (C=O) groups is 3. The summed E-state index contributed by atoms with van der Waals surface area (Å²) in [4.78, 5) is 34.1. The van der Waals surface area contributed by atoms with Gasteiger partial charge in [0.2, 0.25) is 5.91 Å². The van der Waals surface area contributed by atoms with Crippen LogP contribution in [0.15, 0.2) is 30.3 Å². The molecule has 1 fully saturated rings. The molecule has 8 heteroatoms. The lowest BCUT2D eigenvalue weighted by Gasteiger charge is -2.20. The van der Waals surface area contributed by atoms with Crippen molar-refractivity contribution in [2.24, 2.45) is 5.73 Å². The van der Waals surface area contributed by atoms with Crippen molar-refractivity contribution in [1.29, 1.82) is 0 Å². The lowest BCUT2D eigenvalue weighted by molar-refractivity contribution is -0.137. The molecular formula is C18H25N3O5. The Labute approximate surface area is 152 Å². The first kappa shape index (κ1) is 19.7. The van der Waals surface area contributed by atoms with Gasteiger partial charge in [-0.25, -0.2) is 4.79 Å². The van der Waals surface area contributed by atoms with Crippen molar-refractivity contribution in [2.75, 3.05) is 6.54 Å². The highest BCUT2D eigenvalue weighted by Crippen LogP contribution is 2.18. The van der Waals surface area contributed by atoms with E-state index in [9.17, 15) is 14.4 Å². The lowest BCUT2D eigenvalue weighted by Crippen LogP contribution is -2.45. The van der Waals surface area contributed by atoms with Crippen molar-refractivity contribution < 1.29 is 24.2 Å². The van der Waals surface area contributed by atoms with Crippen molar-refractivity contribution in [3.63, 3.8) is 0 Å². The average Bonchev–Trinajstić information content (AvgIpc) is 3.08. The number of primary amides is 1. The number of carboxylic acids is 1. The average molecular weight is 363 g/mol. The number of benzene rings is 1. The Balaban J connectivity index is 1.81. The molecule has 5 N–H and O–H groups in total. The van der Waals surface area contributed by atoms with Crippen molar-refractivity contribution in [3.8, 4) is 0 Å². The molecule has 0 aromatic heterocycles. The number of carboxylic acid groups (broad SMARTS) is 1. The molecule has 0 aliphatic carbocycles. The Hall–Kier alpha value is -2.61. The highest BCUT2D eigenvalue weighted by molar-refractivity contribution is 5.79. The molecule has 0 saturated carbocycles. The van der Waals surface area contributed by atoms with Crippen LogP contribution in [0.25, 0.3) is 0 Å². The lowest BCUT2D eigenvalue weighted by atomic mass is 10.0. The molecule has 26 heavy (non-hydrogen) atoms. The topological polar surface area (TPSA) is 131 Å². The molecule has 3 atom stereocenters. The van der Waals surface area contributed by atoms with E-state index >= 15 is 0 Å². The number of amides is 3. The van der Waals surface area contributed by atoms with E-state index in [4.69, 9.17) is 15.6 Å². The molecule has 0 spiro atoms. The van der Waals surface area contributed by atoms with Crippen LogP contribution >= 0.6 is 0 Å². The van der Waals surface area contributed by atoms with Gasteiger partial charge in [0.25, 0.3) is 0 Å². The normalized spacial score (nSPS) is 20.3. The van der Waals surface area contributed by atoms with E-state index in [0.29, 0.717) is 25.7 Å². The van der Waals surface area contributed by atoms with E-state index in [1.54, 1.807) is 0 Å². The minimum Gasteiger partial charge on any atom is -0.481 e. The zero-order valence-electron chi connectivity index (χ0n) is 14.5. The smallest absolute Gasteiger partial charge is 0.315 e. The summed E-state index contributed by atoms with van der Waals surface area (Å²) in [5.74, 6) is -1.39. The zero-order valence-corrected chi connectivity index (χ0v) is 14.5. The quantitative estimate of drug-likeness (QED) is 0.515. The van der Waals surface area contributed by atoms with Gasteiger partial charge >= 0.3 is 12.0 Å². The molecule has 0 radical (unpaired) electrons. The first-order valence-corrected chi connectivity index (χ1v) is 8.69. The maximum Gasteiger partial charge on any atom is 0.315 e. The van der Waals surface area contributed by atoms with Gasteiger partial charge in [-0.15, -0.1) is 0 Å². The molecule has 1 saturated heterocycles. The Morgan fingerprint density at radius 3 is 2.58 bits per heavy atom. The number of nitrogens with two attached hydrogens (primary N) is 1. The Morgan fingerprint density at radius 1 is 1.23 bits per heavy atom. The van der Waals surface area contributed by atoms with E-state index < -0.39 is 18.0 Å². The van der Waals surface area contributed by atoms with Gasteiger partial charge in [0.15, 0.2) is 0 Å². The summed E-state index contributed by atoms with van der Waals surface area (Å²) >= 11 is 0. The van der Waals surface area contributed by atoms with Gasteiger partial charge in [-0.3, -0.25) is 9.59 Å². The predicted molar refractivity (Wildman–Crippen MR) is 94.4 cm³/mol. The third kappa shape index (κ3) is 6.72. The molecule has 142 valence electrons. The van der Waals surface area contributed by atoms with Gasteiger partial charge in [0.05, 0.1) is 6.10 Å². The minimum atomic E-state index is -0.901. The standard InChI is InChI=1S/C18H25N3O5/c19-17(24)15-8-7-14(26-15)11-20-18(25)21-13(6-9-16(22)23)10-12-4-2-1-3-5-12/h1-5,13-15H,6-11H2,(H2,19,24)(H,22,23)(H2,20,21,25). The summed E-state index contributed by atoms with van der Waals surface area (Å²) in [6.45, 7) is 0.270. The number of rotatable bonds is 9. The molecule has 3 unspecified atom stereocenters. The summed E-state index contributed by atoms with van der Waals surface area (Å²) in [5.41, 5.74) is 6.22. The third-order valence-electron chi connectivity index (χ3n) is 4.28. The molecule has 1 aliphatic heterocycles. The molecule has 3 amide bonds. The van der Waals surface area contributed by atoms with Gasteiger partial charge in [-0.1, -0.05) is 30.3 Å². The first-order chi connectivity index (χ1) is 12.4. The third-order valence-corrected chi connectivity index (χ3v) is 4.28. The van der Waals surface area contributed by atoms with Gasteiger partial charge in [0.1, 0.15) is 6.10 Å². The minimum absolute atomic E-state index is 0.0240. The number of hydrogen-bond acceptors (Lipinski definition) is 4. The molecule has 8 nitrogen and oxygen atoms in total. The van der Waals surface area contributed by atoms with E-state index in [-0.39, 0.29) is 31.1 Å². The second kappa shape index (κ2) is 9.76. The fourth-order valence-corrected chi connectivity index (χ4v) is 2.93. The van der Waals surface area contributed by atoms with Crippen LogP contribution in [0.5, 0.6) is 0 Å². The Morgan fingerprint density at radius 2 is 1.96 bits per heavy atom. The van der Waals surface area contributed by atoms with E-state index in [1.165, 1.54) is 0 Å². The predicted octanol–water partition coefficient (Wildman–Crippen LogP) is 0.795. The van der Waals surface area contributed by atoms with Gasteiger partial charge in [0, 0.05) is 19.0 Å². The van der Waals surface area contributed by atoms with E-state index in [2.05, 4.69) is 10.6 Å². The van der Waals surface area contributed by atoms with Crippen molar-refractivity contribution >= 4 is 17.9 Å². The summed E-state index contributed by atoms with van der Waals surface area (Å²) in [5, 5.41) is 14.4. The van der Waals surface area contributed by atoms with Gasteiger partial charge in [-0.05, 0) is 31.2 Å². The fraction of sp³-hybridized carbons (Fsp3) is 0.500. The fourth-order valence-electron chi connectivity index (χ4n) is 2.93. The molecular weight excluding hydrogens is 338 g/mol. The molecule has 0 bridgehead atoms. The zero-order chi connectivity index (χ0) is 18.9. The molecule has 1 aromatic rings. The van der Waals surface area contributed by atoms with Crippen LogP contribution in [-0.2, 0) is 20.7 Å². The Bertz CT molecular complexity index is 623. The summed E-state index contributed by atoms with van der Waals surface area (Å²) in [6, 6.07) is 8.88. The van der Waals surface area contributed by atoms with Crippen LogP contribution in [0, 0.1) is 0 Å². The summed E-state index contributed by atoms with van der Waals surface area (Å²) in [6.07, 6.45) is 1.23. The Kier molecular flexibility index (Phi) is 7.40. The summed E-state index contributed by atoms with van der Waals surface area (Å²) in [7, 11) is 0.